The first-order valence-corrected chi connectivity index (χ1v) is 10.1. The van der Waals surface area contributed by atoms with Gasteiger partial charge in [0.2, 0.25) is 0 Å². The number of alkyl halides is 3. The van der Waals surface area contributed by atoms with Gasteiger partial charge in [0.1, 0.15) is 22.3 Å². The van der Waals surface area contributed by atoms with Crippen LogP contribution in [-0.4, -0.2) is 36.4 Å². The fraction of sp³-hybridized carbons (Fsp3) is 0.118. The van der Waals surface area contributed by atoms with Crippen LogP contribution in [0.15, 0.2) is 41.3 Å². The Bertz CT molecular complexity index is 1310. The van der Waals surface area contributed by atoms with E-state index < -0.39 is 50.0 Å². The van der Waals surface area contributed by atoms with Crippen molar-refractivity contribution in [1.82, 2.24) is 19.7 Å². The van der Waals surface area contributed by atoms with Gasteiger partial charge in [-0.15, -0.1) is 5.10 Å². The van der Waals surface area contributed by atoms with Crippen molar-refractivity contribution >= 4 is 27.5 Å². The first kappa shape index (κ1) is 23.4. The van der Waals surface area contributed by atoms with Crippen molar-refractivity contribution in [3.63, 3.8) is 0 Å². The maximum absolute atomic E-state index is 13.8. The Morgan fingerprint density at radius 3 is 2.41 bits per heavy atom. The highest BCUT2D eigenvalue weighted by Gasteiger charge is 2.43. The zero-order valence-corrected chi connectivity index (χ0v) is 17.2. The number of amides is 1. The van der Waals surface area contributed by atoms with E-state index in [1.165, 1.54) is 24.0 Å². The number of aromatic nitrogens is 3. The normalized spacial score (nSPS) is 12.0. The van der Waals surface area contributed by atoms with Gasteiger partial charge in [-0.2, -0.15) is 13.2 Å². The summed E-state index contributed by atoms with van der Waals surface area (Å²) in [4.78, 5) is 11.2. The zero-order valence-electron chi connectivity index (χ0n) is 15.6. The maximum Gasteiger partial charge on any atom is 0.435 e. The van der Waals surface area contributed by atoms with E-state index in [0.717, 1.165) is 6.07 Å². The lowest BCUT2D eigenvalue weighted by Crippen LogP contribution is -2.33. The predicted molar refractivity (Wildman–Crippen MR) is 98.9 cm³/mol. The summed E-state index contributed by atoms with van der Waals surface area (Å²) in [5.74, 6) is -4.30. The van der Waals surface area contributed by atoms with Crippen LogP contribution >= 0.6 is 11.6 Å². The predicted octanol–water partition coefficient (Wildman–Crippen LogP) is 3.35. The van der Waals surface area contributed by atoms with Crippen molar-refractivity contribution in [2.75, 3.05) is 7.11 Å². The number of methoxy groups -OCH3 is 1. The Hall–Kier alpha value is -3.26. The number of hydrogen-bond donors (Lipinski definition) is 1. The molecule has 0 atom stereocenters. The molecule has 0 bridgehead atoms. The monoisotopic (exact) mass is 496 g/mol. The number of rotatable bonds is 5. The van der Waals surface area contributed by atoms with E-state index in [-0.39, 0.29) is 27.2 Å². The van der Waals surface area contributed by atoms with E-state index in [1.54, 1.807) is 0 Å². The first-order valence-electron chi connectivity index (χ1n) is 8.24. The summed E-state index contributed by atoms with van der Waals surface area (Å²) in [6, 6.07) is 4.87. The molecule has 0 aliphatic carbocycles. The Labute approximate surface area is 181 Å². The van der Waals surface area contributed by atoms with Crippen LogP contribution in [0.2, 0.25) is 5.02 Å². The maximum atomic E-state index is 13.8. The van der Waals surface area contributed by atoms with Gasteiger partial charge in [0.25, 0.3) is 15.9 Å². The van der Waals surface area contributed by atoms with Crippen LogP contribution in [0.4, 0.5) is 22.0 Å². The fourth-order valence-electron chi connectivity index (χ4n) is 2.56. The van der Waals surface area contributed by atoms with Gasteiger partial charge < -0.3 is 4.74 Å². The number of benzene rings is 2. The minimum absolute atomic E-state index is 0.196. The van der Waals surface area contributed by atoms with Gasteiger partial charge in [0, 0.05) is 12.1 Å². The molecular formula is C17H10ClF5N4O4S. The lowest BCUT2D eigenvalue weighted by Gasteiger charge is -2.13. The Balaban J connectivity index is 2.06. The lowest BCUT2D eigenvalue weighted by molar-refractivity contribution is -0.143. The smallest absolute Gasteiger partial charge is 0.435 e. The first-order chi connectivity index (χ1) is 14.8. The van der Waals surface area contributed by atoms with E-state index in [2.05, 4.69) is 10.3 Å². The van der Waals surface area contributed by atoms with Crippen LogP contribution < -0.4 is 9.46 Å². The second-order valence-electron chi connectivity index (χ2n) is 6.02. The molecule has 15 heteroatoms. The van der Waals surface area contributed by atoms with Gasteiger partial charge in [-0.1, -0.05) is 16.8 Å². The van der Waals surface area contributed by atoms with Gasteiger partial charge >= 0.3 is 6.18 Å². The third-order valence-electron chi connectivity index (χ3n) is 3.95. The molecule has 3 rings (SSSR count). The molecule has 8 nitrogen and oxygen atoms in total. The average molecular weight is 497 g/mol. The Morgan fingerprint density at radius 2 is 1.84 bits per heavy atom. The van der Waals surface area contributed by atoms with Crippen LogP contribution in [-0.2, 0) is 16.2 Å². The lowest BCUT2D eigenvalue weighted by atomic mass is 10.2. The van der Waals surface area contributed by atoms with Crippen molar-refractivity contribution < 1.29 is 39.9 Å². The summed E-state index contributed by atoms with van der Waals surface area (Å²) in [6.45, 7) is 0. The van der Waals surface area contributed by atoms with E-state index in [4.69, 9.17) is 16.3 Å². The summed E-state index contributed by atoms with van der Waals surface area (Å²) >= 11 is 5.97. The highest BCUT2D eigenvalue weighted by Crippen LogP contribution is 2.35. The molecule has 0 aliphatic rings. The fourth-order valence-corrected chi connectivity index (χ4v) is 3.83. The van der Waals surface area contributed by atoms with Crippen LogP contribution in [0.1, 0.15) is 16.2 Å². The zero-order chi connectivity index (χ0) is 23.8. The van der Waals surface area contributed by atoms with Crippen LogP contribution in [0.25, 0.3) is 5.69 Å². The van der Waals surface area contributed by atoms with Crippen molar-refractivity contribution in [3.8, 4) is 11.4 Å². The number of halogens is 6. The highest BCUT2D eigenvalue weighted by atomic mass is 35.5. The summed E-state index contributed by atoms with van der Waals surface area (Å²) in [7, 11) is -3.72. The molecule has 170 valence electrons. The molecule has 1 amide bonds. The molecule has 3 aromatic rings. The van der Waals surface area contributed by atoms with Gasteiger partial charge in [-0.3, -0.25) is 4.79 Å². The average Bonchev–Trinajstić information content (AvgIpc) is 3.12. The number of carbonyl (C=O) groups excluding carboxylic acids is 1. The Kier molecular flexibility index (Phi) is 6.11. The van der Waals surface area contributed by atoms with Crippen molar-refractivity contribution in [2.45, 2.75) is 11.1 Å². The third-order valence-corrected chi connectivity index (χ3v) is 5.61. The minimum Gasteiger partial charge on any atom is -0.497 e. The minimum atomic E-state index is -5.23. The van der Waals surface area contributed by atoms with Crippen LogP contribution in [0.3, 0.4) is 0 Å². The molecule has 0 saturated heterocycles. The van der Waals surface area contributed by atoms with E-state index in [9.17, 15) is 35.2 Å². The summed E-state index contributed by atoms with van der Waals surface area (Å²) < 4.78 is 98.8. The van der Waals surface area contributed by atoms with E-state index in [0.29, 0.717) is 12.1 Å². The molecule has 2 aromatic carbocycles. The molecule has 1 heterocycles. The second-order valence-corrected chi connectivity index (χ2v) is 8.08. The highest BCUT2D eigenvalue weighted by molar-refractivity contribution is 7.90. The molecule has 0 spiro atoms. The van der Waals surface area contributed by atoms with E-state index in [1.807, 2.05) is 0 Å². The third kappa shape index (κ3) is 4.50. The number of carbonyl (C=O) groups is 1. The van der Waals surface area contributed by atoms with Gasteiger partial charge in [-0.25, -0.2) is 26.6 Å². The summed E-state index contributed by atoms with van der Waals surface area (Å²) in [5, 5.41) is 6.15. The molecule has 0 saturated carbocycles. The van der Waals surface area contributed by atoms with Gasteiger partial charge in [-0.05, 0) is 24.3 Å². The molecule has 0 fully saturated rings. The summed E-state index contributed by atoms with van der Waals surface area (Å²) in [5.41, 5.74) is -3.49. The standard InChI is InChI=1S/C17H10ClF5N4O4S/c1-31-9-3-4-12(10(18)7-9)27-15(17(21,22)23)14(24-26-27)16(28)25-32(29,30)13-5-2-8(19)6-11(13)20/h2-7H,1H3,(H,25,28). The largest absolute Gasteiger partial charge is 0.497 e. The molecule has 1 aromatic heterocycles. The molecule has 0 radical (unpaired) electrons. The van der Waals surface area contributed by atoms with Crippen LogP contribution in [0, 0.1) is 11.6 Å². The molecule has 1 N–H and O–H groups in total. The number of nitrogens with zero attached hydrogens (tertiary/aromatic N) is 3. The van der Waals surface area contributed by atoms with E-state index >= 15 is 0 Å². The Morgan fingerprint density at radius 1 is 1.16 bits per heavy atom. The van der Waals surface area contributed by atoms with Gasteiger partial charge in [0.15, 0.2) is 11.4 Å². The summed E-state index contributed by atoms with van der Waals surface area (Å²) in [6.07, 6.45) is -5.23. The van der Waals surface area contributed by atoms with Crippen molar-refractivity contribution in [3.05, 3.63) is 64.4 Å². The molecule has 0 aliphatic heterocycles. The van der Waals surface area contributed by atoms with Crippen molar-refractivity contribution in [2.24, 2.45) is 0 Å². The van der Waals surface area contributed by atoms with Crippen LogP contribution in [0.5, 0.6) is 5.75 Å². The number of ether oxygens (including phenoxy) is 1. The molecule has 32 heavy (non-hydrogen) atoms. The quantitative estimate of drug-likeness (QED) is 0.543. The number of hydrogen-bond acceptors (Lipinski definition) is 6. The van der Waals surface area contributed by atoms with Gasteiger partial charge in [0.05, 0.1) is 17.8 Å². The SMILES string of the molecule is COc1ccc(-n2nnc(C(=O)NS(=O)(=O)c3ccc(F)cc3F)c2C(F)(F)F)c(Cl)c1. The topological polar surface area (TPSA) is 103 Å². The second kappa shape index (κ2) is 8.35. The number of sulfonamides is 1. The molecular weight excluding hydrogens is 487 g/mol. The molecule has 0 unspecified atom stereocenters. The van der Waals surface area contributed by atoms with Crippen molar-refractivity contribution in [1.29, 1.82) is 0 Å². The number of nitrogens with one attached hydrogen (secondary N) is 1.